The van der Waals surface area contributed by atoms with Gasteiger partial charge in [0.1, 0.15) is 11.3 Å². The molecule has 0 unspecified atom stereocenters. The fraction of sp³-hybridized carbons (Fsp3) is 0.385. The summed E-state index contributed by atoms with van der Waals surface area (Å²) in [7, 11) is 0. The van der Waals surface area contributed by atoms with Gasteiger partial charge in [0.05, 0.1) is 5.60 Å². The minimum atomic E-state index is -0.833. The van der Waals surface area contributed by atoms with Crippen molar-refractivity contribution in [2.75, 3.05) is 0 Å². The smallest absolute Gasteiger partial charge is 0.134 e. The zero-order valence-corrected chi connectivity index (χ0v) is 9.59. The Morgan fingerprint density at radius 3 is 2.47 bits per heavy atom. The Bertz CT molecular complexity index is 501. The summed E-state index contributed by atoms with van der Waals surface area (Å²) in [6.45, 7) is 7.56. The topological polar surface area (TPSA) is 33.4 Å². The highest BCUT2D eigenvalue weighted by Crippen LogP contribution is 2.33. The van der Waals surface area contributed by atoms with Crippen LogP contribution in [0.2, 0.25) is 0 Å². The van der Waals surface area contributed by atoms with Gasteiger partial charge in [-0.25, -0.2) is 0 Å². The molecule has 0 radical (unpaired) electrons. The molecule has 0 amide bonds. The maximum atomic E-state index is 10.1. The van der Waals surface area contributed by atoms with Crippen molar-refractivity contribution in [3.05, 3.63) is 35.1 Å². The summed E-state index contributed by atoms with van der Waals surface area (Å²) in [5.41, 5.74) is 2.06. The predicted octanol–water partition coefficient (Wildman–Crippen LogP) is 3.28. The molecule has 0 saturated heterocycles. The lowest BCUT2D eigenvalue weighted by molar-refractivity contribution is 0.0801. The summed E-state index contributed by atoms with van der Waals surface area (Å²) in [5.74, 6) is 0.918. The van der Waals surface area contributed by atoms with Crippen LogP contribution in [0.1, 0.15) is 30.7 Å². The average molecular weight is 204 g/mol. The molecule has 1 aromatic carbocycles. The fourth-order valence-corrected chi connectivity index (χ4v) is 1.93. The molecule has 0 spiro atoms. The Kier molecular flexibility index (Phi) is 2.12. The first-order valence-corrected chi connectivity index (χ1v) is 5.13. The first-order valence-electron chi connectivity index (χ1n) is 5.13. The minimum Gasteiger partial charge on any atom is -0.461 e. The van der Waals surface area contributed by atoms with Crippen LogP contribution in [-0.4, -0.2) is 5.11 Å². The van der Waals surface area contributed by atoms with Gasteiger partial charge >= 0.3 is 0 Å². The number of hydrogen-bond donors (Lipinski definition) is 1. The molecule has 2 nitrogen and oxygen atoms in total. The lowest BCUT2D eigenvalue weighted by Crippen LogP contribution is -2.15. The summed E-state index contributed by atoms with van der Waals surface area (Å²) in [6.07, 6.45) is 0. The van der Waals surface area contributed by atoms with Crippen LogP contribution in [0.25, 0.3) is 11.0 Å². The number of hydrogen-bond acceptors (Lipinski definition) is 2. The second kappa shape index (κ2) is 3.11. The average Bonchev–Trinajstić information content (AvgIpc) is 2.41. The van der Waals surface area contributed by atoms with E-state index in [1.54, 1.807) is 13.8 Å². The third-order valence-corrected chi connectivity index (χ3v) is 2.85. The molecule has 0 aliphatic rings. The molecule has 2 heteroatoms. The molecule has 1 heterocycles. The van der Waals surface area contributed by atoms with Gasteiger partial charge in [-0.15, -0.1) is 0 Å². The number of benzene rings is 1. The van der Waals surface area contributed by atoms with E-state index in [9.17, 15) is 5.11 Å². The summed E-state index contributed by atoms with van der Waals surface area (Å²) in [6, 6.07) is 5.80. The molecule has 0 aliphatic carbocycles. The van der Waals surface area contributed by atoms with Crippen LogP contribution in [0, 0.1) is 13.8 Å². The van der Waals surface area contributed by atoms with Gasteiger partial charge in [0.25, 0.3) is 0 Å². The molecule has 1 aromatic heterocycles. The van der Waals surface area contributed by atoms with Crippen molar-refractivity contribution in [2.45, 2.75) is 33.3 Å². The number of fused-ring (bicyclic) bond motifs is 1. The third kappa shape index (κ3) is 1.55. The van der Waals surface area contributed by atoms with Crippen LogP contribution in [-0.2, 0) is 5.60 Å². The largest absolute Gasteiger partial charge is 0.461 e. The Morgan fingerprint density at radius 2 is 1.87 bits per heavy atom. The summed E-state index contributed by atoms with van der Waals surface area (Å²) in [4.78, 5) is 0. The van der Waals surface area contributed by atoms with Crippen molar-refractivity contribution < 1.29 is 9.52 Å². The maximum absolute atomic E-state index is 10.1. The van der Waals surface area contributed by atoms with Gasteiger partial charge in [0, 0.05) is 5.39 Å². The maximum Gasteiger partial charge on any atom is 0.134 e. The monoisotopic (exact) mass is 204 g/mol. The first kappa shape index (κ1) is 10.2. The van der Waals surface area contributed by atoms with Crippen molar-refractivity contribution >= 4 is 11.0 Å². The summed E-state index contributed by atoms with van der Waals surface area (Å²) >= 11 is 0. The van der Waals surface area contributed by atoms with E-state index in [0.717, 1.165) is 27.9 Å². The number of aliphatic hydroxyl groups is 1. The molecule has 0 aliphatic heterocycles. The van der Waals surface area contributed by atoms with Crippen LogP contribution in [0.5, 0.6) is 0 Å². The number of rotatable bonds is 1. The highest BCUT2D eigenvalue weighted by molar-refractivity contribution is 5.86. The fourth-order valence-electron chi connectivity index (χ4n) is 1.93. The predicted molar refractivity (Wildman–Crippen MR) is 60.9 cm³/mol. The molecule has 0 atom stereocenters. The molecular weight excluding hydrogens is 188 g/mol. The molecular formula is C13H16O2. The van der Waals surface area contributed by atoms with Gasteiger partial charge in [0.15, 0.2) is 0 Å². The van der Waals surface area contributed by atoms with E-state index < -0.39 is 5.60 Å². The van der Waals surface area contributed by atoms with E-state index >= 15 is 0 Å². The van der Waals surface area contributed by atoms with E-state index in [2.05, 4.69) is 0 Å². The van der Waals surface area contributed by atoms with Gasteiger partial charge in [-0.3, -0.25) is 0 Å². The Balaban J connectivity index is 2.86. The molecule has 15 heavy (non-hydrogen) atoms. The quantitative estimate of drug-likeness (QED) is 0.773. The molecule has 0 bridgehead atoms. The molecule has 0 fully saturated rings. The van der Waals surface area contributed by atoms with Crippen LogP contribution in [0.4, 0.5) is 0 Å². The Hall–Kier alpha value is -1.28. The second-order valence-electron chi connectivity index (χ2n) is 4.52. The van der Waals surface area contributed by atoms with E-state index in [4.69, 9.17) is 4.42 Å². The molecule has 0 saturated carbocycles. The molecule has 1 N–H and O–H groups in total. The lowest BCUT2D eigenvalue weighted by Gasteiger charge is -2.18. The van der Waals surface area contributed by atoms with Crippen LogP contribution >= 0.6 is 0 Å². The van der Waals surface area contributed by atoms with Crippen LogP contribution in [0.3, 0.4) is 0 Å². The van der Waals surface area contributed by atoms with Crippen molar-refractivity contribution in [3.63, 3.8) is 0 Å². The summed E-state index contributed by atoms with van der Waals surface area (Å²) < 4.78 is 5.62. The number of aryl methyl sites for hydroxylation is 2. The van der Waals surface area contributed by atoms with Gasteiger partial charge in [-0.05, 0) is 44.9 Å². The molecule has 2 aromatic rings. The standard InChI is InChI=1S/C13H16O2/c1-8-9(2)15-11-7-5-6-10(12(8)11)13(3,4)14/h5-7,14H,1-4H3. The van der Waals surface area contributed by atoms with E-state index in [1.807, 2.05) is 32.0 Å². The van der Waals surface area contributed by atoms with Crippen LogP contribution < -0.4 is 0 Å². The molecule has 2 rings (SSSR count). The molecule has 80 valence electrons. The van der Waals surface area contributed by atoms with Crippen molar-refractivity contribution in [1.29, 1.82) is 0 Å². The van der Waals surface area contributed by atoms with Gasteiger partial charge in [-0.2, -0.15) is 0 Å². The zero-order valence-electron chi connectivity index (χ0n) is 9.59. The number of furan rings is 1. The second-order valence-corrected chi connectivity index (χ2v) is 4.52. The third-order valence-electron chi connectivity index (χ3n) is 2.85. The Morgan fingerprint density at radius 1 is 1.20 bits per heavy atom. The highest BCUT2D eigenvalue weighted by atomic mass is 16.3. The van der Waals surface area contributed by atoms with Gasteiger partial charge in [-0.1, -0.05) is 12.1 Å². The van der Waals surface area contributed by atoms with Crippen LogP contribution in [0.15, 0.2) is 22.6 Å². The highest BCUT2D eigenvalue weighted by Gasteiger charge is 2.21. The van der Waals surface area contributed by atoms with Crippen molar-refractivity contribution in [3.8, 4) is 0 Å². The SMILES string of the molecule is Cc1oc2cccc(C(C)(C)O)c2c1C. The lowest BCUT2D eigenvalue weighted by atomic mass is 9.93. The van der Waals surface area contributed by atoms with E-state index in [1.165, 1.54) is 0 Å². The van der Waals surface area contributed by atoms with Gasteiger partial charge in [0.2, 0.25) is 0 Å². The minimum absolute atomic E-state index is 0.833. The Labute approximate surface area is 89.5 Å². The normalized spacial score (nSPS) is 12.3. The summed E-state index contributed by atoms with van der Waals surface area (Å²) in [5, 5.41) is 11.1. The van der Waals surface area contributed by atoms with Crippen molar-refractivity contribution in [1.82, 2.24) is 0 Å². The van der Waals surface area contributed by atoms with E-state index in [-0.39, 0.29) is 0 Å². The van der Waals surface area contributed by atoms with Gasteiger partial charge < -0.3 is 9.52 Å². The van der Waals surface area contributed by atoms with E-state index in [0.29, 0.717) is 0 Å². The van der Waals surface area contributed by atoms with Crippen molar-refractivity contribution in [2.24, 2.45) is 0 Å². The zero-order chi connectivity index (χ0) is 11.2. The first-order chi connectivity index (χ1) is 6.91.